The van der Waals surface area contributed by atoms with E-state index in [0.717, 1.165) is 10.4 Å². The van der Waals surface area contributed by atoms with Gasteiger partial charge in [-0.15, -0.1) is 11.3 Å². The average molecular weight is 390 g/mol. The molecule has 0 spiro atoms. The number of methoxy groups -OCH3 is 1. The summed E-state index contributed by atoms with van der Waals surface area (Å²) in [4.78, 5) is 28.5. The van der Waals surface area contributed by atoms with Crippen LogP contribution in [-0.2, 0) is 9.59 Å². The van der Waals surface area contributed by atoms with Gasteiger partial charge in [0.1, 0.15) is 11.4 Å². The van der Waals surface area contributed by atoms with Crippen LogP contribution < -0.4 is 15.0 Å². The van der Waals surface area contributed by atoms with Gasteiger partial charge in [0.15, 0.2) is 0 Å². The number of carbonyl (C=O) groups excluding carboxylic acids is 2. The Hall–Kier alpha value is -3.38. The number of imide groups is 1. The zero-order chi connectivity index (χ0) is 19.7. The van der Waals surface area contributed by atoms with Crippen molar-refractivity contribution in [2.45, 2.75) is 6.92 Å². The molecule has 4 rings (SSSR count). The molecule has 1 aliphatic rings. The Bertz CT molecular complexity index is 1070. The van der Waals surface area contributed by atoms with Gasteiger partial charge < -0.3 is 10.1 Å². The number of aryl methyl sites for hydroxylation is 1. The topological polar surface area (TPSA) is 58.6 Å². The minimum atomic E-state index is -0.386. The molecule has 3 aromatic rings. The molecule has 0 fully saturated rings. The van der Waals surface area contributed by atoms with Crippen LogP contribution in [0.15, 0.2) is 71.7 Å². The SMILES string of the molecule is COc1ccccc1NC1=C(c2cccs2)C(=O)N(c2ccc(C)cc2)C1=O. The van der Waals surface area contributed by atoms with E-state index < -0.39 is 0 Å². The fraction of sp³-hybridized carbons (Fsp3) is 0.0909. The fourth-order valence-corrected chi connectivity index (χ4v) is 3.87. The highest BCUT2D eigenvalue weighted by Crippen LogP contribution is 2.36. The lowest BCUT2D eigenvalue weighted by molar-refractivity contribution is -0.120. The Morgan fingerprint density at radius 2 is 1.68 bits per heavy atom. The summed E-state index contributed by atoms with van der Waals surface area (Å²) in [5.74, 6) is -0.133. The number of para-hydroxylation sites is 2. The molecule has 0 saturated heterocycles. The number of amides is 2. The summed E-state index contributed by atoms with van der Waals surface area (Å²) >= 11 is 1.42. The first kappa shape index (κ1) is 18.0. The lowest BCUT2D eigenvalue weighted by Crippen LogP contribution is -2.32. The highest BCUT2D eigenvalue weighted by Gasteiger charge is 2.40. The van der Waals surface area contributed by atoms with Crippen molar-refractivity contribution in [3.05, 3.63) is 82.2 Å². The first-order valence-corrected chi connectivity index (χ1v) is 9.61. The fourth-order valence-electron chi connectivity index (χ4n) is 3.11. The van der Waals surface area contributed by atoms with Gasteiger partial charge in [-0.05, 0) is 42.6 Å². The Morgan fingerprint density at radius 3 is 2.36 bits per heavy atom. The average Bonchev–Trinajstić information content (AvgIpc) is 3.30. The second-order valence-corrected chi connectivity index (χ2v) is 7.28. The molecule has 1 N–H and O–H groups in total. The number of nitrogens with one attached hydrogen (secondary N) is 1. The summed E-state index contributed by atoms with van der Waals surface area (Å²) < 4.78 is 5.38. The number of rotatable bonds is 5. The summed E-state index contributed by atoms with van der Waals surface area (Å²) in [5.41, 5.74) is 2.85. The van der Waals surface area contributed by atoms with E-state index in [9.17, 15) is 9.59 Å². The molecule has 1 aromatic heterocycles. The largest absolute Gasteiger partial charge is 0.495 e. The van der Waals surface area contributed by atoms with Gasteiger partial charge >= 0.3 is 0 Å². The zero-order valence-corrected chi connectivity index (χ0v) is 16.2. The number of benzene rings is 2. The van der Waals surface area contributed by atoms with Crippen LogP contribution in [0.4, 0.5) is 11.4 Å². The molecule has 0 bridgehead atoms. The molecule has 2 amide bonds. The van der Waals surface area contributed by atoms with Gasteiger partial charge in [0, 0.05) is 4.88 Å². The van der Waals surface area contributed by atoms with Crippen molar-refractivity contribution in [1.29, 1.82) is 0 Å². The molecule has 0 unspecified atom stereocenters. The van der Waals surface area contributed by atoms with Gasteiger partial charge in [-0.2, -0.15) is 0 Å². The second-order valence-electron chi connectivity index (χ2n) is 6.33. The van der Waals surface area contributed by atoms with E-state index in [1.165, 1.54) is 16.2 Å². The predicted octanol–water partition coefficient (Wildman–Crippen LogP) is 4.46. The van der Waals surface area contributed by atoms with E-state index in [-0.39, 0.29) is 17.5 Å². The molecular weight excluding hydrogens is 372 g/mol. The van der Waals surface area contributed by atoms with Crippen LogP contribution in [0, 0.1) is 6.92 Å². The van der Waals surface area contributed by atoms with Gasteiger partial charge in [-0.3, -0.25) is 9.59 Å². The number of hydrogen-bond donors (Lipinski definition) is 1. The summed E-state index contributed by atoms with van der Waals surface area (Å²) in [6.07, 6.45) is 0. The molecule has 0 aliphatic carbocycles. The molecule has 2 heterocycles. The van der Waals surface area contributed by atoms with Crippen molar-refractivity contribution >= 4 is 40.1 Å². The zero-order valence-electron chi connectivity index (χ0n) is 15.4. The molecule has 5 nitrogen and oxygen atoms in total. The van der Waals surface area contributed by atoms with Crippen LogP contribution in [0.3, 0.4) is 0 Å². The first-order valence-electron chi connectivity index (χ1n) is 8.74. The summed E-state index contributed by atoms with van der Waals surface area (Å²) in [5, 5.41) is 5.02. The third kappa shape index (κ3) is 3.08. The Morgan fingerprint density at radius 1 is 0.929 bits per heavy atom. The lowest BCUT2D eigenvalue weighted by atomic mass is 10.1. The van der Waals surface area contributed by atoms with Crippen LogP contribution in [0.2, 0.25) is 0 Å². The highest BCUT2D eigenvalue weighted by atomic mass is 32.1. The number of hydrogen-bond acceptors (Lipinski definition) is 5. The molecule has 6 heteroatoms. The quantitative estimate of drug-likeness (QED) is 0.654. The molecule has 0 radical (unpaired) electrons. The van der Waals surface area contributed by atoms with E-state index in [4.69, 9.17) is 4.74 Å². The van der Waals surface area contributed by atoms with Gasteiger partial charge in [0.25, 0.3) is 11.8 Å². The standard InChI is InChI=1S/C22H18N2O3S/c1-14-9-11-15(12-10-14)24-21(25)19(18-8-5-13-28-18)20(22(24)26)23-16-6-3-4-7-17(16)27-2/h3-13,23H,1-2H3. The van der Waals surface area contributed by atoms with E-state index in [1.54, 1.807) is 25.3 Å². The van der Waals surface area contributed by atoms with Crippen molar-refractivity contribution in [3.8, 4) is 5.75 Å². The van der Waals surface area contributed by atoms with Gasteiger partial charge in [-0.1, -0.05) is 35.9 Å². The van der Waals surface area contributed by atoms with Crippen LogP contribution in [0.5, 0.6) is 5.75 Å². The molecule has 2 aromatic carbocycles. The molecule has 28 heavy (non-hydrogen) atoms. The number of nitrogens with zero attached hydrogens (tertiary/aromatic N) is 1. The maximum Gasteiger partial charge on any atom is 0.282 e. The maximum atomic E-state index is 13.3. The number of ether oxygens (including phenoxy) is 1. The monoisotopic (exact) mass is 390 g/mol. The highest BCUT2D eigenvalue weighted by molar-refractivity contribution is 7.11. The summed E-state index contributed by atoms with van der Waals surface area (Å²) in [7, 11) is 1.56. The Kier molecular flexibility index (Phi) is 4.71. The third-order valence-corrected chi connectivity index (χ3v) is 5.40. The normalized spacial score (nSPS) is 14.0. The number of anilines is 2. The molecular formula is C22H18N2O3S. The maximum absolute atomic E-state index is 13.3. The summed E-state index contributed by atoms with van der Waals surface area (Å²) in [6.45, 7) is 1.96. The van der Waals surface area contributed by atoms with Crippen molar-refractivity contribution in [3.63, 3.8) is 0 Å². The van der Waals surface area contributed by atoms with Gasteiger partial charge in [0.2, 0.25) is 0 Å². The second kappa shape index (κ2) is 7.32. The predicted molar refractivity (Wildman–Crippen MR) is 112 cm³/mol. The van der Waals surface area contributed by atoms with Gasteiger partial charge in [-0.25, -0.2) is 4.90 Å². The van der Waals surface area contributed by atoms with Crippen LogP contribution in [-0.4, -0.2) is 18.9 Å². The number of carbonyl (C=O) groups is 2. The Labute approximate surface area is 166 Å². The van der Waals surface area contributed by atoms with Crippen LogP contribution in [0.25, 0.3) is 5.57 Å². The van der Waals surface area contributed by atoms with Crippen LogP contribution in [0.1, 0.15) is 10.4 Å². The molecule has 1 aliphatic heterocycles. The molecule has 0 saturated carbocycles. The summed E-state index contributed by atoms with van der Waals surface area (Å²) in [6, 6.07) is 18.3. The smallest absolute Gasteiger partial charge is 0.282 e. The van der Waals surface area contributed by atoms with Gasteiger partial charge in [0.05, 0.1) is 24.1 Å². The van der Waals surface area contributed by atoms with E-state index >= 15 is 0 Å². The number of thiophene rings is 1. The van der Waals surface area contributed by atoms with Crippen molar-refractivity contribution in [2.24, 2.45) is 0 Å². The minimum absolute atomic E-state index is 0.248. The Balaban J connectivity index is 1.81. The van der Waals surface area contributed by atoms with E-state index in [1.807, 2.05) is 54.8 Å². The van der Waals surface area contributed by atoms with Crippen LogP contribution >= 0.6 is 11.3 Å². The van der Waals surface area contributed by atoms with Crippen molar-refractivity contribution in [2.75, 3.05) is 17.3 Å². The van der Waals surface area contributed by atoms with E-state index in [0.29, 0.717) is 22.7 Å². The van der Waals surface area contributed by atoms with Crippen molar-refractivity contribution in [1.82, 2.24) is 0 Å². The molecule has 140 valence electrons. The molecule has 0 atom stereocenters. The lowest BCUT2D eigenvalue weighted by Gasteiger charge is -2.16. The van der Waals surface area contributed by atoms with Crippen molar-refractivity contribution < 1.29 is 14.3 Å². The third-order valence-electron chi connectivity index (χ3n) is 4.51. The first-order chi connectivity index (χ1) is 13.6. The minimum Gasteiger partial charge on any atom is -0.495 e. The van der Waals surface area contributed by atoms with E-state index in [2.05, 4.69) is 5.32 Å².